The lowest BCUT2D eigenvalue weighted by atomic mass is 9.35. The number of carbonyl (C=O) groups excluding carboxylic acids is 2. The van der Waals surface area contributed by atoms with Gasteiger partial charge in [0.2, 0.25) is 5.79 Å². The van der Waals surface area contributed by atoms with Crippen LogP contribution >= 0.6 is 0 Å². The molecule has 222 valence electrons. The maximum absolute atomic E-state index is 14.2. The molecule has 1 aromatic heterocycles. The van der Waals surface area contributed by atoms with Crippen molar-refractivity contribution in [1.82, 2.24) is 15.0 Å². The lowest BCUT2D eigenvalue weighted by Gasteiger charge is -2.74. The Bertz CT molecular complexity index is 1540. The van der Waals surface area contributed by atoms with E-state index in [1.54, 1.807) is 0 Å². The summed E-state index contributed by atoms with van der Waals surface area (Å²) in [6.07, 6.45) is -0.365. The van der Waals surface area contributed by atoms with Gasteiger partial charge in [0.25, 0.3) is 5.69 Å². The third-order valence-corrected chi connectivity index (χ3v) is 11.1. The number of Topliss-reactive ketones (excluding diaryl/α,β-unsaturated/α-hetero) is 1. The van der Waals surface area contributed by atoms with Crippen LogP contribution in [-0.4, -0.2) is 77.7 Å². The highest BCUT2D eigenvalue weighted by Gasteiger charge is 2.87. The van der Waals surface area contributed by atoms with E-state index in [0.717, 1.165) is 0 Å². The molecule has 4 saturated carbocycles. The summed E-state index contributed by atoms with van der Waals surface area (Å²) in [4.78, 5) is 38.2. The number of non-ortho nitro benzene ring substituents is 1. The normalized spacial score (nSPS) is 41.3. The number of aromatic nitrogens is 3. The molecule has 8 rings (SSSR count). The Labute approximate surface area is 240 Å². The van der Waals surface area contributed by atoms with Gasteiger partial charge in [0, 0.05) is 29.4 Å². The van der Waals surface area contributed by atoms with Gasteiger partial charge in [0.05, 0.1) is 29.5 Å². The number of esters is 1. The zero-order valence-corrected chi connectivity index (χ0v) is 23.2. The molecule has 4 bridgehead atoms. The highest BCUT2D eigenvalue weighted by molar-refractivity contribution is 6.05. The molecule has 2 aromatic rings. The Hall–Kier alpha value is -3.52. The van der Waals surface area contributed by atoms with E-state index in [9.17, 15) is 35.0 Å². The Balaban J connectivity index is 1.28. The first-order valence-corrected chi connectivity index (χ1v) is 14.1. The molecule has 4 aliphatic carbocycles. The van der Waals surface area contributed by atoms with Gasteiger partial charge < -0.3 is 24.8 Å². The van der Waals surface area contributed by atoms with Gasteiger partial charge in [-0.3, -0.25) is 14.9 Å². The number of fused-ring (bicyclic) bond motifs is 2. The fourth-order valence-electron chi connectivity index (χ4n) is 9.42. The van der Waals surface area contributed by atoms with Crippen LogP contribution in [0, 0.1) is 44.1 Å². The van der Waals surface area contributed by atoms with Crippen LogP contribution in [0.1, 0.15) is 50.0 Å². The topological polar surface area (TPSA) is 187 Å². The molecule has 2 spiro atoms. The number of ether oxygens (including phenoxy) is 2. The van der Waals surface area contributed by atoms with Gasteiger partial charge in [0.15, 0.2) is 11.5 Å². The van der Waals surface area contributed by atoms with Crippen molar-refractivity contribution in [3.05, 3.63) is 58.4 Å². The van der Waals surface area contributed by atoms with Crippen LogP contribution in [0.15, 0.2) is 42.6 Å². The van der Waals surface area contributed by atoms with E-state index >= 15 is 0 Å². The van der Waals surface area contributed by atoms with E-state index in [-0.39, 0.29) is 23.6 Å². The van der Waals surface area contributed by atoms with Crippen molar-refractivity contribution >= 4 is 17.4 Å². The summed E-state index contributed by atoms with van der Waals surface area (Å²) in [6.45, 7) is 7.98. The van der Waals surface area contributed by atoms with Gasteiger partial charge >= 0.3 is 5.97 Å². The van der Waals surface area contributed by atoms with Crippen LogP contribution in [0.4, 0.5) is 5.69 Å². The van der Waals surface area contributed by atoms with Gasteiger partial charge in [-0.15, -0.1) is 5.10 Å². The second-order valence-electron chi connectivity index (χ2n) is 13.2. The molecule has 0 radical (unpaired) electrons. The molecule has 1 aromatic carbocycles. The SMILES string of the molecule is C=C1C(=O)[C@]23[C@H](OC(=O)c4cn(-c5ccc([N+](=O)[O-])cc5)nn4)[C@H]1CC[C@H]2[C@@]12CO[C@]3(O)[C@@H](O)[C@@H]1C(C)(C)CC[C@@H]2O. The molecule has 6 aliphatic rings. The maximum atomic E-state index is 14.2. The third kappa shape index (κ3) is 3.06. The van der Waals surface area contributed by atoms with Gasteiger partial charge in [-0.2, -0.15) is 0 Å². The smallest absolute Gasteiger partial charge is 0.360 e. The lowest BCUT2D eigenvalue weighted by Crippen LogP contribution is -2.85. The summed E-state index contributed by atoms with van der Waals surface area (Å²) in [5.41, 5.74) is -3.05. The Morgan fingerprint density at radius 1 is 1.21 bits per heavy atom. The molecule has 2 saturated heterocycles. The van der Waals surface area contributed by atoms with Crippen molar-refractivity contribution in [2.75, 3.05) is 6.61 Å². The molecule has 13 nitrogen and oxygen atoms in total. The highest BCUT2D eigenvalue weighted by atomic mass is 16.7. The van der Waals surface area contributed by atoms with Crippen LogP contribution in [0.5, 0.6) is 0 Å². The summed E-state index contributed by atoms with van der Waals surface area (Å²) in [7, 11) is 0. The van der Waals surface area contributed by atoms with Crippen molar-refractivity contribution < 1.29 is 39.3 Å². The molecule has 3 N–H and O–H groups in total. The third-order valence-electron chi connectivity index (χ3n) is 11.1. The number of aliphatic hydroxyl groups is 3. The number of nitro benzene ring substituents is 1. The summed E-state index contributed by atoms with van der Waals surface area (Å²) in [5, 5.41) is 54.5. The minimum absolute atomic E-state index is 0.0309. The zero-order chi connectivity index (χ0) is 30.0. The lowest BCUT2D eigenvalue weighted by molar-refractivity contribution is -0.457. The van der Waals surface area contributed by atoms with Gasteiger partial charge in [-0.25, -0.2) is 9.48 Å². The number of benzene rings is 1. The van der Waals surface area contributed by atoms with E-state index in [1.165, 1.54) is 35.1 Å². The van der Waals surface area contributed by atoms with Crippen molar-refractivity contribution in [2.45, 2.75) is 63.6 Å². The number of rotatable bonds is 4. The Kier molecular flexibility index (Phi) is 5.55. The molecule has 0 amide bonds. The van der Waals surface area contributed by atoms with Crippen LogP contribution < -0.4 is 0 Å². The molecule has 2 aliphatic heterocycles. The molecule has 6 fully saturated rings. The summed E-state index contributed by atoms with van der Waals surface area (Å²) < 4.78 is 13.3. The second kappa shape index (κ2) is 8.53. The van der Waals surface area contributed by atoms with Crippen LogP contribution in [0.25, 0.3) is 5.69 Å². The molecule has 13 heteroatoms. The predicted octanol–water partition coefficient (Wildman–Crippen LogP) is 1.73. The Morgan fingerprint density at radius 3 is 2.62 bits per heavy atom. The standard InChI is InChI=1S/C29H32N4O9/c1-14-17-8-9-19-27-13-41-29(38,23(36)21(27)26(2,3)11-10-20(27)34)28(19,22(14)35)24(17)42-25(37)18-12-32(31-30-18)15-4-6-16(7-5-15)33(39)40/h4-7,12,17,19-21,23-24,34,36,38H,1,8-11,13H2,2-3H3/t17-,19-,20-,21+,23-,24+,27+,28-,29+/m0/s1. The fraction of sp³-hybridized carbons (Fsp3) is 0.586. The van der Waals surface area contributed by atoms with E-state index in [1.807, 2.05) is 13.8 Å². The molecular formula is C29H32N4O9. The first kappa shape index (κ1) is 27.3. The monoisotopic (exact) mass is 580 g/mol. The summed E-state index contributed by atoms with van der Waals surface area (Å²) in [5.74, 6) is -5.60. The number of nitrogens with zero attached hydrogens (tertiary/aromatic N) is 4. The first-order valence-electron chi connectivity index (χ1n) is 14.1. The molecular weight excluding hydrogens is 548 g/mol. The quantitative estimate of drug-likeness (QED) is 0.207. The molecule has 3 heterocycles. The van der Waals surface area contributed by atoms with Crippen LogP contribution in [0.3, 0.4) is 0 Å². The number of hydrogen-bond donors (Lipinski definition) is 3. The highest BCUT2D eigenvalue weighted by Crippen LogP contribution is 2.76. The van der Waals surface area contributed by atoms with E-state index < -0.39 is 74.8 Å². The minimum atomic E-state index is -2.37. The van der Waals surface area contributed by atoms with E-state index in [0.29, 0.717) is 31.4 Å². The minimum Gasteiger partial charge on any atom is -0.456 e. The van der Waals surface area contributed by atoms with Gasteiger partial charge in [-0.1, -0.05) is 25.6 Å². The van der Waals surface area contributed by atoms with Crippen molar-refractivity contribution in [3.8, 4) is 5.69 Å². The first-order chi connectivity index (χ1) is 19.8. The van der Waals surface area contributed by atoms with Gasteiger partial charge in [-0.05, 0) is 54.7 Å². The van der Waals surface area contributed by atoms with E-state index in [4.69, 9.17) is 9.47 Å². The van der Waals surface area contributed by atoms with Crippen LogP contribution in [-0.2, 0) is 14.3 Å². The van der Waals surface area contributed by atoms with Crippen molar-refractivity contribution in [1.29, 1.82) is 0 Å². The maximum Gasteiger partial charge on any atom is 0.360 e. The molecule has 9 atom stereocenters. The predicted molar refractivity (Wildman–Crippen MR) is 142 cm³/mol. The fourth-order valence-corrected chi connectivity index (χ4v) is 9.42. The average Bonchev–Trinajstić information content (AvgIpc) is 3.49. The number of aliphatic hydroxyl groups excluding tert-OH is 2. The Morgan fingerprint density at radius 2 is 1.93 bits per heavy atom. The van der Waals surface area contributed by atoms with E-state index in [2.05, 4.69) is 16.9 Å². The van der Waals surface area contributed by atoms with Crippen LogP contribution in [0.2, 0.25) is 0 Å². The average molecular weight is 581 g/mol. The number of nitro groups is 1. The number of carbonyl (C=O) groups is 2. The van der Waals surface area contributed by atoms with Crippen molar-refractivity contribution in [3.63, 3.8) is 0 Å². The summed E-state index contributed by atoms with van der Waals surface area (Å²) >= 11 is 0. The molecule has 0 unspecified atom stereocenters. The summed E-state index contributed by atoms with van der Waals surface area (Å²) in [6, 6.07) is 5.50. The second-order valence-corrected chi connectivity index (χ2v) is 13.2. The largest absolute Gasteiger partial charge is 0.456 e. The zero-order valence-electron chi connectivity index (χ0n) is 23.2. The number of ketones is 1. The van der Waals surface area contributed by atoms with Gasteiger partial charge in [0.1, 0.15) is 17.6 Å². The molecule has 42 heavy (non-hydrogen) atoms. The van der Waals surface area contributed by atoms with Crippen molar-refractivity contribution in [2.24, 2.45) is 34.0 Å². The number of hydrogen-bond acceptors (Lipinski definition) is 11.